The highest BCUT2D eigenvalue weighted by Gasteiger charge is 2.57. The first-order valence-electron chi connectivity index (χ1n) is 9.52. The monoisotopic (exact) mass is 356 g/mol. The molecule has 4 aliphatic rings. The van der Waals surface area contributed by atoms with E-state index in [1.165, 1.54) is 32.1 Å². The number of ether oxygens (including phenoxy) is 1. The van der Waals surface area contributed by atoms with E-state index in [1.807, 2.05) is 0 Å². The van der Waals surface area contributed by atoms with Gasteiger partial charge in [-0.2, -0.15) is 0 Å². The lowest BCUT2D eigenvalue weighted by Gasteiger charge is -2.60. The number of rotatable bonds is 5. The van der Waals surface area contributed by atoms with Crippen molar-refractivity contribution in [3.63, 3.8) is 0 Å². The van der Waals surface area contributed by atoms with E-state index in [2.05, 4.69) is 10.5 Å². The minimum Gasteiger partial charge on any atom is -0.461 e. The summed E-state index contributed by atoms with van der Waals surface area (Å²) < 4.78 is 16.6. The van der Waals surface area contributed by atoms with Crippen LogP contribution in [-0.4, -0.2) is 30.3 Å². The van der Waals surface area contributed by atoms with Gasteiger partial charge in [0.1, 0.15) is 0 Å². The van der Waals surface area contributed by atoms with E-state index in [9.17, 15) is 4.79 Å². The number of aromatic nitrogens is 1. The van der Waals surface area contributed by atoms with Crippen molar-refractivity contribution in [2.75, 3.05) is 13.7 Å². The Morgan fingerprint density at radius 3 is 2.58 bits per heavy atom. The first kappa shape index (κ1) is 16.1. The van der Waals surface area contributed by atoms with Crippen LogP contribution < -0.4 is 5.32 Å². The minimum atomic E-state index is -0.226. The normalized spacial score (nSPS) is 35.0. The Hall–Kier alpha value is -2.08. The number of methoxy groups -OCH3 is 1. The maximum absolute atomic E-state index is 12.6. The number of furan rings is 1. The van der Waals surface area contributed by atoms with Gasteiger partial charge in [0.2, 0.25) is 5.76 Å². The zero-order valence-corrected chi connectivity index (χ0v) is 14.9. The summed E-state index contributed by atoms with van der Waals surface area (Å²) in [6.45, 7) is 0.542. The molecule has 0 unspecified atom stereocenters. The van der Waals surface area contributed by atoms with Gasteiger partial charge in [0, 0.05) is 19.7 Å². The van der Waals surface area contributed by atoms with E-state index in [-0.39, 0.29) is 17.2 Å². The molecule has 1 N–H and O–H groups in total. The lowest BCUT2D eigenvalue weighted by molar-refractivity contribution is -0.186. The Morgan fingerprint density at radius 1 is 1.23 bits per heavy atom. The van der Waals surface area contributed by atoms with E-state index in [0.717, 1.165) is 11.8 Å². The molecule has 6 rings (SSSR count). The first-order chi connectivity index (χ1) is 12.7. The SMILES string of the molecule is COC1(CNC(=O)c2cc(-c3ccco3)on2)C2CC3CC(C2)CC1C3. The molecule has 6 nitrogen and oxygen atoms in total. The molecule has 2 aromatic rings. The van der Waals surface area contributed by atoms with Crippen LogP contribution in [0.25, 0.3) is 11.5 Å². The molecule has 1 amide bonds. The second-order valence-corrected chi connectivity index (χ2v) is 8.20. The number of carbonyl (C=O) groups excluding carboxylic acids is 1. The van der Waals surface area contributed by atoms with Crippen molar-refractivity contribution < 1.29 is 18.5 Å². The Kier molecular flexibility index (Phi) is 3.71. The topological polar surface area (TPSA) is 77.5 Å². The average molecular weight is 356 g/mol. The molecule has 26 heavy (non-hydrogen) atoms. The van der Waals surface area contributed by atoms with E-state index in [1.54, 1.807) is 31.6 Å². The second-order valence-electron chi connectivity index (χ2n) is 8.20. The molecule has 0 aliphatic heterocycles. The molecule has 0 aromatic carbocycles. The third-order valence-electron chi connectivity index (χ3n) is 6.93. The molecular formula is C20H24N2O4. The third kappa shape index (κ3) is 2.42. The van der Waals surface area contributed by atoms with Gasteiger partial charge in [0.05, 0.1) is 11.9 Å². The number of amides is 1. The fraction of sp³-hybridized carbons (Fsp3) is 0.600. The van der Waals surface area contributed by atoms with E-state index < -0.39 is 0 Å². The lowest BCUT2D eigenvalue weighted by atomic mass is 9.49. The van der Waals surface area contributed by atoms with Crippen molar-refractivity contribution in [1.29, 1.82) is 0 Å². The summed E-state index contributed by atoms with van der Waals surface area (Å²) in [6.07, 6.45) is 7.92. The number of carbonyl (C=O) groups is 1. The molecule has 2 heterocycles. The molecule has 0 atom stereocenters. The number of hydrogen-bond acceptors (Lipinski definition) is 5. The van der Waals surface area contributed by atoms with Crippen LogP contribution in [0.4, 0.5) is 0 Å². The molecule has 138 valence electrons. The van der Waals surface area contributed by atoms with Crippen LogP contribution in [0.1, 0.15) is 42.6 Å². The molecular weight excluding hydrogens is 332 g/mol. The number of nitrogens with one attached hydrogen (secondary N) is 1. The van der Waals surface area contributed by atoms with Gasteiger partial charge in [-0.15, -0.1) is 0 Å². The maximum Gasteiger partial charge on any atom is 0.273 e. The molecule has 0 saturated heterocycles. The number of hydrogen-bond donors (Lipinski definition) is 1. The van der Waals surface area contributed by atoms with Gasteiger partial charge < -0.3 is 19.0 Å². The molecule has 0 spiro atoms. The fourth-order valence-corrected chi connectivity index (χ4v) is 5.90. The van der Waals surface area contributed by atoms with Crippen molar-refractivity contribution in [3.8, 4) is 11.5 Å². The van der Waals surface area contributed by atoms with Crippen molar-refractivity contribution >= 4 is 5.91 Å². The van der Waals surface area contributed by atoms with E-state index >= 15 is 0 Å². The van der Waals surface area contributed by atoms with Gasteiger partial charge in [-0.3, -0.25) is 4.79 Å². The van der Waals surface area contributed by atoms with Gasteiger partial charge in [0.15, 0.2) is 11.5 Å². The van der Waals surface area contributed by atoms with Crippen molar-refractivity contribution in [2.45, 2.75) is 37.7 Å². The zero-order chi connectivity index (χ0) is 17.7. The van der Waals surface area contributed by atoms with Crippen LogP contribution >= 0.6 is 0 Å². The van der Waals surface area contributed by atoms with Gasteiger partial charge in [-0.05, 0) is 67.9 Å². The van der Waals surface area contributed by atoms with Gasteiger partial charge in [-0.1, -0.05) is 5.16 Å². The Balaban J connectivity index is 1.30. The van der Waals surface area contributed by atoms with Crippen LogP contribution in [0.2, 0.25) is 0 Å². The van der Waals surface area contributed by atoms with Gasteiger partial charge in [0.25, 0.3) is 5.91 Å². The van der Waals surface area contributed by atoms with Gasteiger partial charge in [-0.25, -0.2) is 0 Å². The van der Waals surface area contributed by atoms with Crippen LogP contribution in [-0.2, 0) is 4.74 Å². The van der Waals surface area contributed by atoms with Crippen LogP contribution in [0, 0.1) is 23.7 Å². The minimum absolute atomic E-state index is 0.225. The highest BCUT2D eigenvalue weighted by molar-refractivity contribution is 5.93. The lowest BCUT2D eigenvalue weighted by Crippen LogP contribution is -2.63. The molecule has 0 radical (unpaired) electrons. The fourth-order valence-electron chi connectivity index (χ4n) is 5.90. The molecule has 4 saturated carbocycles. The molecule has 4 bridgehead atoms. The summed E-state index contributed by atoms with van der Waals surface area (Å²) >= 11 is 0. The summed E-state index contributed by atoms with van der Waals surface area (Å²) in [7, 11) is 1.81. The van der Waals surface area contributed by atoms with E-state index in [0.29, 0.717) is 29.9 Å². The highest BCUT2D eigenvalue weighted by Crippen LogP contribution is 2.59. The third-order valence-corrected chi connectivity index (χ3v) is 6.93. The Labute approximate surface area is 152 Å². The highest BCUT2D eigenvalue weighted by atomic mass is 16.5. The number of nitrogens with zero attached hydrogens (tertiary/aromatic N) is 1. The molecule has 4 aliphatic carbocycles. The van der Waals surface area contributed by atoms with Crippen LogP contribution in [0.15, 0.2) is 33.4 Å². The van der Waals surface area contributed by atoms with Gasteiger partial charge >= 0.3 is 0 Å². The van der Waals surface area contributed by atoms with Crippen molar-refractivity contribution in [1.82, 2.24) is 10.5 Å². The predicted molar refractivity (Wildman–Crippen MR) is 93.3 cm³/mol. The molecule has 4 fully saturated rings. The van der Waals surface area contributed by atoms with Crippen LogP contribution in [0.5, 0.6) is 0 Å². The zero-order valence-electron chi connectivity index (χ0n) is 14.9. The molecule has 6 heteroatoms. The summed E-state index contributed by atoms with van der Waals surface area (Å²) in [5.41, 5.74) is 0.0443. The second kappa shape index (κ2) is 5.98. The molecule has 2 aromatic heterocycles. The largest absolute Gasteiger partial charge is 0.461 e. The quantitative estimate of drug-likeness (QED) is 0.887. The summed E-state index contributed by atoms with van der Waals surface area (Å²) in [5, 5.41) is 6.95. The smallest absolute Gasteiger partial charge is 0.273 e. The van der Waals surface area contributed by atoms with Crippen molar-refractivity contribution in [2.24, 2.45) is 23.7 Å². The predicted octanol–water partition coefficient (Wildman–Crippen LogP) is 3.51. The Bertz CT molecular complexity index is 767. The standard InChI is InChI=1S/C20H24N2O4/c1-24-20(14-6-12-5-13(8-14)9-15(20)7-12)11-21-19(23)16-10-18(26-22-16)17-3-2-4-25-17/h2-4,10,12-15H,5-9,11H2,1H3,(H,21,23). The maximum atomic E-state index is 12.6. The summed E-state index contributed by atoms with van der Waals surface area (Å²) in [4.78, 5) is 12.6. The first-order valence-corrected chi connectivity index (χ1v) is 9.52. The van der Waals surface area contributed by atoms with E-state index in [4.69, 9.17) is 13.7 Å². The van der Waals surface area contributed by atoms with Crippen LogP contribution in [0.3, 0.4) is 0 Å². The summed E-state index contributed by atoms with van der Waals surface area (Å²) in [6, 6.07) is 5.16. The Morgan fingerprint density at radius 2 is 1.96 bits per heavy atom. The summed E-state index contributed by atoms with van der Waals surface area (Å²) in [5.74, 6) is 3.63. The average Bonchev–Trinajstić information content (AvgIpc) is 3.32. The van der Waals surface area contributed by atoms with Crippen molar-refractivity contribution in [3.05, 3.63) is 30.2 Å².